The molecule has 0 saturated heterocycles. The van der Waals surface area contributed by atoms with Crippen molar-refractivity contribution in [1.29, 1.82) is 0 Å². The molecule has 0 bridgehead atoms. The second-order valence-corrected chi connectivity index (χ2v) is 5.04. The van der Waals surface area contributed by atoms with E-state index in [9.17, 15) is 0 Å². The van der Waals surface area contributed by atoms with Gasteiger partial charge in [0.15, 0.2) is 0 Å². The Morgan fingerprint density at radius 2 is 1.52 bits per heavy atom. The monoisotopic (exact) mass is 316 g/mol. The highest BCUT2D eigenvalue weighted by molar-refractivity contribution is 5.32. The van der Waals surface area contributed by atoms with Gasteiger partial charge >= 0.3 is 0 Å². The lowest BCUT2D eigenvalue weighted by molar-refractivity contribution is 0.406. The highest BCUT2D eigenvalue weighted by Crippen LogP contribution is 2.16. The fourth-order valence-corrected chi connectivity index (χ4v) is 1.78. The normalized spacial score (nSPS) is 9.35. The summed E-state index contributed by atoms with van der Waals surface area (Å²) in [5.74, 6) is 0.954. The van der Waals surface area contributed by atoms with Gasteiger partial charge < -0.3 is 15.8 Å². The molecule has 0 heterocycles. The number of hydrogen-bond donors (Lipinski definition) is 2. The van der Waals surface area contributed by atoms with Crippen LogP contribution >= 0.6 is 0 Å². The van der Waals surface area contributed by atoms with Crippen molar-refractivity contribution in [3.05, 3.63) is 65.7 Å². The second-order valence-electron chi connectivity index (χ2n) is 5.04. The fourth-order valence-electron chi connectivity index (χ4n) is 1.78. The Labute approximate surface area is 141 Å². The van der Waals surface area contributed by atoms with Crippen LogP contribution in [-0.2, 0) is 13.1 Å². The third kappa shape index (κ3) is 9.72. The zero-order chi connectivity index (χ0) is 17.5. The van der Waals surface area contributed by atoms with Gasteiger partial charge in [-0.25, -0.2) is 0 Å². The molecule has 0 aliphatic carbocycles. The molecule has 2 aromatic carbocycles. The van der Waals surface area contributed by atoms with E-state index in [-0.39, 0.29) is 0 Å². The number of hydrogen-bond acceptors (Lipinski definition) is 3. The molecule has 0 aliphatic rings. The smallest absolute Gasteiger partial charge is 0.123 e. The fraction of sp³-hybridized carbons (Fsp3) is 0.400. The third-order valence-electron chi connectivity index (χ3n) is 2.97. The standard InChI is InChI=1S/C11H17NO.C7H9N.C2H6/c1-9(2)12-8-10-6-4-5-7-11(10)13-3;8-6-7-4-2-1-3-5-7;1-2/h4-7,9,12H,8H2,1-3H3;1-5H,6,8H2;1-2H3. The minimum absolute atomic E-state index is 0.505. The number of methoxy groups -OCH3 is 1. The van der Waals surface area contributed by atoms with Crippen LogP contribution in [0.15, 0.2) is 54.6 Å². The van der Waals surface area contributed by atoms with Crippen molar-refractivity contribution in [3.8, 4) is 5.75 Å². The lowest BCUT2D eigenvalue weighted by Gasteiger charge is -2.11. The van der Waals surface area contributed by atoms with E-state index < -0.39 is 0 Å². The Balaban J connectivity index is 0.000000414. The Kier molecular flexibility index (Phi) is 12.7. The molecule has 0 fully saturated rings. The summed E-state index contributed by atoms with van der Waals surface area (Å²) in [6, 6.07) is 18.6. The van der Waals surface area contributed by atoms with Gasteiger partial charge in [0.2, 0.25) is 0 Å². The van der Waals surface area contributed by atoms with Crippen LogP contribution in [-0.4, -0.2) is 13.2 Å². The summed E-state index contributed by atoms with van der Waals surface area (Å²) >= 11 is 0. The van der Waals surface area contributed by atoms with E-state index in [2.05, 4.69) is 25.2 Å². The summed E-state index contributed by atoms with van der Waals surface area (Å²) in [5, 5.41) is 3.36. The number of benzene rings is 2. The Morgan fingerprint density at radius 1 is 0.957 bits per heavy atom. The molecule has 3 N–H and O–H groups in total. The minimum atomic E-state index is 0.505. The number of rotatable bonds is 5. The molecule has 3 heteroatoms. The maximum absolute atomic E-state index is 5.35. The summed E-state index contributed by atoms with van der Waals surface area (Å²) in [5.41, 5.74) is 7.74. The molecule has 128 valence electrons. The predicted octanol–water partition coefficient (Wildman–Crippen LogP) is 4.36. The number of nitrogens with two attached hydrogens (primary N) is 1. The topological polar surface area (TPSA) is 47.3 Å². The summed E-state index contributed by atoms with van der Waals surface area (Å²) < 4.78 is 5.24. The van der Waals surface area contributed by atoms with Gasteiger partial charge in [-0.15, -0.1) is 0 Å². The maximum atomic E-state index is 5.35. The van der Waals surface area contributed by atoms with Crippen LogP contribution in [0, 0.1) is 0 Å². The lowest BCUT2D eigenvalue weighted by Crippen LogP contribution is -2.22. The predicted molar refractivity (Wildman–Crippen MR) is 101 cm³/mol. The van der Waals surface area contributed by atoms with Crippen molar-refractivity contribution in [1.82, 2.24) is 5.32 Å². The van der Waals surface area contributed by atoms with Gasteiger partial charge in [0, 0.05) is 24.7 Å². The first-order valence-corrected chi connectivity index (χ1v) is 8.26. The Hall–Kier alpha value is -1.84. The molecule has 2 rings (SSSR count). The number of ether oxygens (including phenoxy) is 1. The lowest BCUT2D eigenvalue weighted by atomic mass is 10.2. The first-order chi connectivity index (χ1) is 11.2. The third-order valence-corrected chi connectivity index (χ3v) is 2.97. The van der Waals surface area contributed by atoms with Gasteiger partial charge in [-0.1, -0.05) is 76.2 Å². The largest absolute Gasteiger partial charge is 0.496 e. The van der Waals surface area contributed by atoms with Crippen LogP contribution in [0.3, 0.4) is 0 Å². The van der Waals surface area contributed by atoms with E-state index in [1.165, 1.54) is 11.1 Å². The van der Waals surface area contributed by atoms with Crippen LogP contribution in [0.25, 0.3) is 0 Å². The molecule has 3 nitrogen and oxygen atoms in total. The summed E-state index contributed by atoms with van der Waals surface area (Å²) in [6.07, 6.45) is 0. The van der Waals surface area contributed by atoms with Gasteiger partial charge in [0.25, 0.3) is 0 Å². The van der Waals surface area contributed by atoms with E-state index in [4.69, 9.17) is 10.5 Å². The molecule has 0 unspecified atom stereocenters. The average Bonchev–Trinajstić information content (AvgIpc) is 2.63. The van der Waals surface area contributed by atoms with Crippen molar-refractivity contribution < 1.29 is 4.74 Å². The minimum Gasteiger partial charge on any atom is -0.496 e. The van der Waals surface area contributed by atoms with Crippen molar-refractivity contribution in [3.63, 3.8) is 0 Å². The van der Waals surface area contributed by atoms with Gasteiger partial charge in [0.05, 0.1) is 7.11 Å². The van der Waals surface area contributed by atoms with E-state index in [0.717, 1.165) is 12.3 Å². The van der Waals surface area contributed by atoms with E-state index in [1.54, 1.807) is 7.11 Å². The van der Waals surface area contributed by atoms with Crippen LogP contribution in [0.1, 0.15) is 38.8 Å². The molecule has 0 spiro atoms. The first kappa shape index (κ1) is 21.2. The number of nitrogens with one attached hydrogen (secondary N) is 1. The quantitative estimate of drug-likeness (QED) is 0.861. The van der Waals surface area contributed by atoms with Crippen LogP contribution in [0.5, 0.6) is 5.75 Å². The Bertz CT molecular complexity index is 498. The molecule has 0 radical (unpaired) electrons. The molecule has 0 saturated carbocycles. The molecule has 0 aromatic heterocycles. The zero-order valence-corrected chi connectivity index (χ0v) is 15.2. The molecule has 2 aromatic rings. The molecule has 0 aliphatic heterocycles. The summed E-state index contributed by atoms with van der Waals surface area (Å²) in [6.45, 7) is 9.77. The van der Waals surface area contributed by atoms with Crippen LogP contribution < -0.4 is 15.8 Å². The zero-order valence-electron chi connectivity index (χ0n) is 15.2. The SMILES string of the molecule is CC.COc1ccccc1CNC(C)C.NCc1ccccc1. The Morgan fingerprint density at radius 3 is 2.00 bits per heavy atom. The summed E-state index contributed by atoms with van der Waals surface area (Å²) in [7, 11) is 1.70. The van der Waals surface area contributed by atoms with E-state index in [0.29, 0.717) is 12.6 Å². The number of para-hydroxylation sites is 1. The average molecular weight is 316 g/mol. The van der Waals surface area contributed by atoms with Crippen molar-refractivity contribution in [2.24, 2.45) is 5.73 Å². The van der Waals surface area contributed by atoms with Gasteiger partial charge in [0.1, 0.15) is 5.75 Å². The molecule has 0 atom stereocenters. The van der Waals surface area contributed by atoms with Crippen LogP contribution in [0.4, 0.5) is 0 Å². The van der Waals surface area contributed by atoms with Gasteiger partial charge in [-0.3, -0.25) is 0 Å². The van der Waals surface area contributed by atoms with Crippen molar-refractivity contribution >= 4 is 0 Å². The molecular formula is C20H32N2O. The van der Waals surface area contributed by atoms with Crippen molar-refractivity contribution in [2.45, 2.75) is 46.8 Å². The van der Waals surface area contributed by atoms with Gasteiger partial charge in [-0.05, 0) is 11.6 Å². The molecular weight excluding hydrogens is 284 g/mol. The summed E-state index contributed by atoms with van der Waals surface area (Å²) in [4.78, 5) is 0. The van der Waals surface area contributed by atoms with Crippen LogP contribution in [0.2, 0.25) is 0 Å². The first-order valence-electron chi connectivity index (χ1n) is 8.26. The molecule has 23 heavy (non-hydrogen) atoms. The van der Waals surface area contributed by atoms with Crippen molar-refractivity contribution in [2.75, 3.05) is 7.11 Å². The highest BCUT2D eigenvalue weighted by Gasteiger charge is 2.00. The maximum Gasteiger partial charge on any atom is 0.123 e. The second kappa shape index (κ2) is 13.8. The highest BCUT2D eigenvalue weighted by atomic mass is 16.5. The van der Waals surface area contributed by atoms with Gasteiger partial charge in [-0.2, -0.15) is 0 Å². The molecule has 0 amide bonds. The van der Waals surface area contributed by atoms with E-state index >= 15 is 0 Å². The van der Waals surface area contributed by atoms with E-state index in [1.807, 2.05) is 62.4 Å².